The molecule has 188 valence electrons. The van der Waals surface area contributed by atoms with Crippen LogP contribution in [0.15, 0.2) is 36.9 Å². The number of hydrogen-bond acceptors (Lipinski definition) is 7. The minimum absolute atomic E-state index is 0.302. The lowest BCUT2D eigenvalue weighted by atomic mass is 9.81. The van der Waals surface area contributed by atoms with Gasteiger partial charge in [-0.05, 0) is 62.1 Å². The van der Waals surface area contributed by atoms with E-state index in [1.807, 2.05) is 30.0 Å². The molecule has 1 aliphatic carbocycles. The van der Waals surface area contributed by atoms with Gasteiger partial charge in [0.05, 0.1) is 31.0 Å². The first-order chi connectivity index (χ1) is 17.2. The summed E-state index contributed by atoms with van der Waals surface area (Å²) in [7, 11) is 0. The summed E-state index contributed by atoms with van der Waals surface area (Å²) in [4.78, 5) is 11.6. The third-order valence-corrected chi connectivity index (χ3v) is 7.51. The Morgan fingerprint density at radius 1 is 1.09 bits per heavy atom. The molecule has 1 N–H and O–H groups in total. The van der Waals surface area contributed by atoms with Crippen LogP contribution in [0.5, 0.6) is 0 Å². The van der Waals surface area contributed by atoms with Crippen LogP contribution in [-0.2, 0) is 16.1 Å². The molecule has 3 aromatic heterocycles. The fourth-order valence-electron chi connectivity index (χ4n) is 5.36. The third kappa shape index (κ3) is 5.89. The topological polar surface area (TPSA) is 85.0 Å². The van der Waals surface area contributed by atoms with E-state index in [1.165, 1.54) is 43.3 Å². The SMILES string of the molecule is CC[C@H](O)COCc1ncc(-c2ccn3ncc(C4CCC(N5CCCOCC5)CC4)c3c2)cn1. The maximum atomic E-state index is 9.62. The second kappa shape index (κ2) is 11.6. The van der Waals surface area contributed by atoms with E-state index in [9.17, 15) is 5.11 Å². The van der Waals surface area contributed by atoms with Crippen LogP contribution in [-0.4, -0.2) is 74.6 Å². The Morgan fingerprint density at radius 2 is 1.91 bits per heavy atom. The van der Waals surface area contributed by atoms with Gasteiger partial charge in [0.25, 0.3) is 0 Å². The average Bonchev–Trinajstić information content (AvgIpc) is 3.13. The van der Waals surface area contributed by atoms with Crippen LogP contribution >= 0.6 is 0 Å². The summed E-state index contributed by atoms with van der Waals surface area (Å²) in [6.07, 6.45) is 14.1. The number of rotatable bonds is 8. The van der Waals surface area contributed by atoms with E-state index in [-0.39, 0.29) is 0 Å². The predicted octanol–water partition coefficient (Wildman–Crippen LogP) is 3.83. The van der Waals surface area contributed by atoms with Gasteiger partial charge in [-0.1, -0.05) is 6.92 Å². The molecule has 3 aromatic rings. The molecule has 0 unspecified atom stereocenters. The smallest absolute Gasteiger partial charge is 0.153 e. The fourth-order valence-corrected chi connectivity index (χ4v) is 5.36. The monoisotopic (exact) mass is 479 g/mol. The molecule has 4 heterocycles. The first kappa shape index (κ1) is 24.3. The minimum atomic E-state index is -0.440. The molecule has 1 saturated heterocycles. The Kier molecular flexibility index (Phi) is 8.03. The van der Waals surface area contributed by atoms with Crippen molar-refractivity contribution in [1.29, 1.82) is 0 Å². The van der Waals surface area contributed by atoms with E-state index in [4.69, 9.17) is 9.47 Å². The lowest BCUT2D eigenvalue weighted by Crippen LogP contribution is -2.39. The predicted molar refractivity (Wildman–Crippen MR) is 134 cm³/mol. The molecule has 35 heavy (non-hydrogen) atoms. The maximum absolute atomic E-state index is 9.62. The van der Waals surface area contributed by atoms with Crippen LogP contribution in [0, 0.1) is 0 Å². The second-order valence-electron chi connectivity index (χ2n) is 9.82. The molecule has 0 bridgehead atoms. The molecule has 5 rings (SSSR count). The van der Waals surface area contributed by atoms with Gasteiger partial charge in [-0.3, -0.25) is 4.90 Å². The van der Waals surface area contributed by atoms with E-state index in [2.05, 4.69) is 38.3 Å². The molecule has 1 aliphatic heterocycles. The van der Waals surface area contributed by atoms with Crippen molar-refractivity contribution >= 4 is 5.52 Å². The number of ether oxygens (including phenoxy) is 2. The van der Waals surface area contributed by atoms with Gasteiger partial charge >= 0.3 is 0 Å². The summed E-state index contributed by atoms with van der Waals surface area (Å²) in [5.74, 6) is 1.17. The summed E-state index contributed by atoms with van der Waals surface area (Å²) in [5, 5.41) is 14.3. The summed E-state index contributed by atoms with van der Waals surface area (Å²) in [5.41, 5.74) is 4.59. The van der Waals surface area contributed by atoms with Gasteiger partial charge in [-0.2, -0.15) is 5.10 Å². The molecule has 0 radical (unpaired) electrons. The Bertz CT molecular complexity index is 1070. The zero-order chi connectivity index (χ0) is 24.0. The molecule has 1 atom stereocenters. The molecule has 0 aromatic carbocycles. The van der Waals surface area contributed by atoms with Gasteiger partial charge in [0, 0.05) is 55.5 Å². The van der Waals surface area contributed by atoms with Crippen molar-refractivity contribution in [3.05, 3.63) is 48.3 Å². The Balaban J connectivity index is 1.24. The number of hydrogen-bond donors (Lipinski definition) is 1. The van der Waals surface area contributed by atoms with E-state index in [0.29, 0.717) is 37.4 Å². The van der Waals surface area contributed by atoms with Crippen LogP contribution in [0.3, 0.4) is 0 Å². The number of fused-ring (bicyclic) bond motifs is 1. The summed E-state index contributed by atoms with van der Waals surface area (Å²) in [6, 6.07) is 4.97. The number of aliphatic hydroxyl groups excluding tert-OH is 1. The Morgan fingerprint density at radius 3 is 2.71 bits per heavy atom. The van der Waals surface area contributed by atoms with E-state index < -0.39 is 6.10 Å². The van der Waals surface area contributed by atoms with Crippen LogP contribution < -0.4 is 0 Å². The maximum Gasteiger partial charge on any atom is 0.153 e. The number of aromatic nitrogens is 4. The zero-order valence-corrected chi connectivity index (χ0v) is 20.7. The van der Waals surface area contributed by atoms with Gasteiger partial charge < -0.3 is 14.6 Å². The van der Waals surface area contributed by atoms with Crippen molar-refractivity contribution in [3.8, 4) is 11.1 Å². The van der Waals surface area contributed by atoms with Gasteiger partial charge in [0.2, 0.25) is 0 Å². The minimum Gasteiger partial charge on any atom is -0.391 e. The fraction of sp³-hybridized carbons (Fsp3) is 0.593. The van der Waals surface area contributed by atoms with Crippen molar-refractivity contribution in [2.45, 2.75) is 70.1 Å². The zero-order valence-electron chi connectivity index (χ0n) is 20.7. The lowest BCUT2D eigenvalue weighted by molar-refractivity contribution is 0.0244. The Labute approximate surface area is 207 Å². The number of pyridine rings is 1. The second-order valence-corrected chi connectivity index (χ2v) is 9.82. The highest BCUT2D eigenvalue weighted by molar-refractivity contribution is 5.69. The number of nitrogens with zero attached hydrogens (tertiary/aromatic N) is 5. The Hall–Kier alpha value is -2.39. The van der Waals surface area contributed by atoms with Crippen LogP contribution in [0.2, 0.25) is 0 Å². The standard InChI is InChI=1S/C27H37N5O3/c1-2-24(33)18-35-19-27-28-15-22(16-29-27)21-8-10-32-26(14-21)25(17-30-32)20-4-6-23(7-5-20)31-9-3-12-34-13-11-31/h8,10,14-17,20,23-24,33H,2-7,9,11-13,18-19H2,1H3/t20?,23?,24-/m0/s1. The van der Waals surface area contributed by atoms with Crippen molar-refractivity contribution in [2.24, 2.45) is 0 Å². The lowest BCUT2D eigenvalue weighted by Gasteiger charge is -2.36. The van der Waals surface area contributed by atoms with Crippen molar-refractivity contribution in [2.75, 3.05) is 32.9 Å². The van der Waals surface area contributed by atoms with Gasteiger partial charge in [-0.25, -0.2) is 14.5 Å². The summed E-state index contributed by atoms with van der Waals surface area (Å²) < 4.78 is 13.1. The van der Waals surface area contributed by atoms with Crippen LogP contribution in [0.4, 0.5) is 0 Å². The van der Waals surface area contributed by atoms with Crippen molar-refractivity contribution < 1.29 is 14.6 Å². The van der Waals surface area contributed by atoms with Crippen LogP contribution in [0.1, 0.15) is 62.8 Å². The van der Waals surface area contributed by atoms with E-state index in [1.54, 1.807) is 0 Å². The molecule has 0 spiro atoms. The van der Waals surface area contributed by atoms with Crippen molar-refractivity contribution in [1.82, 2.24) is 24.5 Å². The molecule has 2 aliphatic rings. The van der Waals surface area contributed by atoms with Gasteiger partial charge in [0.15, 0.2) is 5.82 Å². The molecular weight excluding hydrogens is 442 g/mol. The molecule has 1 saturated carbocycles. The molecule has 8 heteroatoms. The highest BCUT2D eigenvalue weighted by Crippen LogP contribution is 2.37. The van der Waals surface area contributed by atoms with Gasteiger partial charge in [-0.15, -0.1) is 0 Å². The first-order valence-corrected chi connectivity index (χ1v) is 13.1. The van der Waals surface area contributed by atoms with Crippen molar-refractivity contribution in [3.63, 3.8) is 0 Å². The van der Waals surface area contributed by atoms with E-state index >= 15 is 0 Å². The molecule has 2 fully saturated rings. The molecule has 0 amide bonds. The largest absolute Gasteiger partial charge is 0.391 e. The third-order valence-electron chi connectivity index (χ3n) is 7.51. The average molecular weight is 480 g/mol. The first-order valence-electron chi connectivity index (χ1n) is 13.1. The van der Waals surface area contributed by atoms with E-state index in [0.717, 1.165) is 37.3 Å². The summed E-state index contributed by atoms with van der Waals surface area (Å²) in [6.45, 7) is 6.55. The highest BCUT2D eigenvalue weighted by Gasteiger charge is 2.28. The number of aliphatic hydroxyl groups is 1. The van der Waals surface area contributed by atoms with Gasteiger partial charge in [0.1, 0.15) is 6.61 Å². The molecule has 8 nitrogen and oxygen atoms in total. The van der Waals surface area contributed by atoms with Crippen LogP contribution in [0.25, 0.3) is 16.6 Å². The highest BCUT2D eigenvalue weighted by atomic mass is 16.5. The normalized spacial score (nSPS) is 22.8. The quantitative estimate of drug-likeness (QED) is 0.526. The summed E-state index contributed by atoms with van der Waals surface area (Å²) >= 11 is 0. The molecular formula is C27H37N5O3.